The van der Waals surface area contributed by atoms with Gasteiger partial charge >= 0.3 is 0 Å². The van der Waals surface area contributed by atoms with Crippen LogP contribution < -0.4 is 5.56 Å². The molecule has 7 heteroatoms. The van der Waals surface area contributed by atoms with Gasteiger partial charge in [0, 0.05) is 12.2 Å². The lowest BCUT2D eigenvalue weighted by Gasteiger charge is -2.06. The standard InChI is InChI=1S/C17H20ClN5O/c1-5-6-7-22-16(18)15(13(4)21-22)10-20-23-12(3)8-11(2)14(9-19)17(23)24/h8,10H,5-7H2,1-4H3. The number of rotatable bonds is 5. The average molecular weight is 346 g/mol. The van der Waals surface area contributed by atoms with Gasteiger partial charge in [0.1, 0.15) is 16.8 Å². The van der Waals surface area contributed by atoms with E-state index >= 15 is 0 Å². The molecule has 0 aliphatic heterocycles. The molecule has 0 radical (unpaired) electrons. The zero-order valence-electron chi connectivity index (χ0n) is 14.3. The SMILES string of the molecule is CCCCn1nc(C)c(C=Nn2c(C)cc(C)c(C#N)c2=O)c1Cl. The predicted molar refractivity (Wildman–Crippen MR) is 94.8 cm³/mol. The number of hydrogen-bond acceptors (Lipinski definition) is 4. The van der Waals surface area contributed by atoms with E-state index in [2.05, 4.69) is 17.1 Å². The van der Waals surface area contributed by atoms with Gasteiger partial charge in [0.25, 0.3) is 5.56 Å². The smallest absolute Gasteiger partial charge is 0.266 e. The summed E-state index contributed by atoms with van der Waals surface area (Å²) in [6.45, 7) is 8.20. The van der Waals surface area contributed by atoms with E-state index in [4.69, 9.17) is 16.9 Å². The van der Waals surface area contributed by atoms with E-state index in [0.717, 1.165) is 25.1 Å². The molecule has 0 spiro atoms. The van der Waals surface area contributed by atoms with Crippen LogP contribution in [0, 0.1) is 32.1 Å². The minimum Gasteiger partial charge on any atom is -0.266 e. The topological polar surface area (TPSA) is 76.0 Å². The molecule has 2 aromatic rings. The molecule has 6 nitrogen and oxygen atoms in total. The number of aryl methyl sites for hydroxylation is 4. The van der Waals surface area contributed by atoms with Crippen molar-refractivity contribution >= 4 is 17.8 Å². The van der Waals surface area contributed by atoms with Crippen LogP contribution in [0.3, 0.4) is 0 Å². The van der Waals surface area contributed by atoms with Gasteiger partial charge in [0.15, 0.2) is 0 Å². The summed E-state index contributed by atoms with van der Waals surface area (Å²) in [5, 5.41) is 18.3. The highest BCUT2D eigenvalue weighted by atomic mass is 35.5. The Hall–Kier alpha value is -2.39. The molecule has 2 heterocycles. The van der Waals surface area contributed by atoms with E-state index < -0.39 is 5.56 Å². The second kappa shape index (κ2) is 7.45. The van der Waals surface area contributed by atoms with Crippen LogP contribution in [0.2, 0.25) is 5.15 Å². The number of nitriles is 1. The van der Waals surface area contributed by atoms with Gasteiger partial charge in [0.05, 0.1) is 17.5 Å². The van der Waals surface area contributed by atoms with E-state index in [-0.39, 0.29) is 5.56 Å². The second-order valence-electron chi connectivity index (χ2n) is 5.68. The minimum absolute atomic E-state index is 0.0965. The third kappa shape index (κ3) is 3.41. The largest absolute Gasteiger partial charge is 0.289 e. The molecule has 126 valence electrons. The molecule has 0 amide bonds. The van der Waals surface area contributed by atoms with Crippen LogP contribution in [0.25, 0.3) is 0 Å². The second-order valence-corrected chi connectivity index (χ2v) is 6.04. The van der Waals surface area contributed by atoms with Crippen LogP contribution in [0.5, 0.6) is 0 Å². The molecule has 0 unspecified atom stereocenters. The third-order valence-corrected chi connectivity index (χ3v) is 4.21. The summed E-state index contributed by atoms with van der Waals surface area (Å²) >= 11 is 6.36. The number of hydrogen-bond donors (Lipinski definition) is 0. The Morgan fingerprint density at radius 3 is 2.75 bits per heavy atom. The molecule has 24 heavy (non-hydrogen) atoms. The minimum atomic E-state index is -0.432. The molecular weight excluding hydrogens is 326 g/mol. The Kier molecular flexibility index (Phi) is 5.58. The molecule has 0 aliphatic rings. The Labute approximate surface area is 146 Å². The van der Waals surface area contributed by atoms with Crippen molar-refractivity contribution in [1.82, 2.24) is 14.5 Å². The first-order valence-corrected chi connectivity index (χ1v) is 8.19. The van der Waals surface area contributed by atoms with E-state index in [0.29, 0.717) is 22.0 Å². The monoisotopic (exact) mass is 345 g/mol. The quantitative estimate of drug-likeness (QED) is 0.781. The molecule has 0 fully saturated rings. The summed E-state index contributed by atoms with van der Waals surface area (Å²) in [4.78, 5) is 12.4. The van der Waals surface area contributed by atoms with E-state index in [1.165, 1.54) is 10.9 Å². The van der Waals surface area contributed by atoms with Crippen LogP contribution in [-0.4, -0.2) is 20.7 Å². The molecule has 2 aromatic heterocycles. The summed E-state index contributed by atoms with van der Waals surface area (Å²) in [6, 6.07) is 3.69. The maximum atomic E-state index is 12.4. The van der Waals surface area contributed by atoms with Crippen LogP contribution >= 0.6 is 11.6 Å². The van der Waals surface area contributed by atoms with Crippen molar-refractivity contribution in [2.24, 2.45) is 5.10 Å². The molecule has 0 atom stereocenters. The summed E-state index contributed by atoms with van der Waals surface area (Å²) < 4.78 is 2.96. The highest BCUT2D eigenvalue weighted by Gasteiger charge is 2.13. The third-order valence-electron chi connectivity index (χ3n) is 3.81. The molecule has 0 N–H and O–H groups in total. The first-order chi connectivity index (χ1) is 11.4. The van der Waals surface area contributed by atoms with Gasteiger partial charge in [-0.05, 0) is 38.8 Å². The summed E-state index contributed by atoms with van der Waals surface area (Å²) in [5.41, 5.74) is 2.39. The van der Waals surface area contributed by atoms with E-state index in [1.54, 1.807) is 24.6 Å². The van der Waals surface area contributed by atoms with E-state index in [1.807, 2.05) is 13.0 Å². The molecule has 0 aromatic carbocycles. The van der Waals surface area contributed by atoms with Crippen LogP contribution in [-0.2, 0) is 6.54 Å². The van der Waals surface area contributed by atoms with Crippen LogP contribution in [0.1, 0.15) is 47.8 Å². The molecule has 2 rings (SSSR count). The van der Waals surface area contributed by atoms with Crippen LogP contribution in [0.4, 0.5) is 0 Å². The number of unbranched alkanes of at least 4 members (excludes halogenated alkanes) is 1. The van der Waals surface area contributed by atoms with Crippen molar-refractivity contribution in [3.63, 3.8) is 0 Å². The Morgan fingerprint density at radius 2 is 2.12 bits per heavy atom. The number of nitrogens with zero attached hydrogens (tertiary/aromatic N) is 5. The maximum Gasteiger partial charge on any atom is 0.289 e. The van der Waals surface area contributed by atoms with Gasteiger partial charge in [0.2, 0.25) is 0 Å². The molecule has 0 saturated carbocycles. The average Bonchev–Trinajstić information content (AvgIpc) is 2.79. The van der Waals surface area contributed by atoms with Crippen LogP contribution in [0.15, 0.2) is 16.0 Å². The lowest BCUT2D eigenvalue weighted by atomic mass is 10.1. The van der Waals surface area contributed by atoms with Gasteiger partial charge in [-0.15, -0.1) is 0 Å². The molecule has 0 saturated heterocycles. The number of pyridine rings is 1. The fourth-order valence-corrected chi connectivity index (χ4v) is 2.75. The fourth-order valence-electron chi connectivity index (χ4n) is 2.45. The van der Waals surface area contributed by atoms with Gasteiger partial charge in [-0.2, -0.15) is 15.5 Å². The van der Waals surface area contributed by atoms with Gasteiger partial charge in [-0.25, -0.2) is 4.68 Å². The highest BCUT2D eigenvalue weighted by molar-refractivity contribution is 6.32. The van der Waals surface area contributed by atoms with Crippen molar-refractivity contribution in [1.29, 1.82) is 5.26 Å². The normalized spacial score (nSPS) is 11.2. The van der Waals surface area contributed by atoms with Gasteiger partial charge in [-0.1, -0.05) is 24.9 Å². The lowest BCUT2D eigenvalue weighted by Crippen LogP contribution is -2.22. The van der Waals surface area contributed by atoms with Gasteiger partial charge in [-0.3, -0.25) is 9.48 Å². The summed E-state index contributed by atoms with van der Waals surface area (Å²) in [6.07, 6.45) is 3.56. The molecule has 0 aliphatic carbocycles. The number of aromatic nitrogens is 3. The molecular formula is C17H20ClN5O. The fraction of sp³-hybridized carbons (Fsp3) is 0.412. The Morgan fingerprint density at radius 1 is 1.42 bits per heavy atom. The van der Waals surface area contributed by atoms with Crippen molar-refractivity contribution in [2.75, 3.05) is 0 Å². The first-order valence-electron chi connectivity index (χ1n) is 7.81. The Bertz CT molecular complexity index is 886. The lowest BCUT2D eigenvalue weighted by molar-refractivity contribution is 0.569. The maximum absolute atomic E-state index is 12.4. The Balaban J connectivity index is 2.45. The van der Waals surface area contributed by atoms with Crippen molar-refractivity contribution in [2.45, 2.75) is 47.1 Å². The van der Waals surface area contributed by atoms with Crippen molar-refractivity contribution < 1.29 is 0 Å². The first kappa shape index (κ1) is 18.0. The zero-order valence-corrected chi connectivity index (χ0v) is 15.1. The summed E-state index contributed by atoms with van der Waals surface area (Å²) in [5.74, 6) is 0. The molecule has 0 bridgehead atoms. The van der Waals surface area contributed by atoms with Crippen molar-refractivity contribution in [3.05, 3.63) is 49.7 Å². The predicted octanol–water partition coefficient (Wildman–Crippen LogP) is 3.18. The van der Waals surface area contributed by atoms with Gasteiger partial charge < -0.3 is 0 Å². The summed E-state index contributed by atoms with van der Waals surface area (Å²) in [7, 11) is 0. The van der Waals surface area contributed by atoms with Crippen molar-refractivity contribution in [3.8, 4) is 6.07 Å². The zero-order chi connectivity index (χ0) is 17.9. The highest BCUT2D eigenvalue weighted by Crippen LogP contribution is 2.18. The number of halogens is 1. The van der Waals surface area contributed by atoms with E-state index in [9.17, 15) is 4.79 Å².